The Balaban J connectivity index is 1.59. The molecule has 26 heavy (non-hydrogen) atoms. The summed E-state index contributed by atoms with van der Waals surface area (Å²) in [6.45, 7) is 3.81. The number of carbonyl (C=O) groups is 1. The minimum Gasteiger partial charge on any atom is -0.461 e. The van der Waals surface area contributed by atoms with Crippen molar-refractivity contribution in [3.63, 3.8) is 0 Å². The number of anilines is 1. The Kier molecular flexibility index (Phi) is 3.99. The molecule has 0 atom stereocenters. The van der Waals surface area contributed by atoms with Crippen molar-refractivity contribution in [1.82, 2.24) is 14.3 Å². The molecule has 0 bridgehead atoms. The van der Waals surface area contributed by atoms with Crippen molar-refractivity contribution < 1.29 is 9.21 Å². The quantitative estimate of drug-likeness (QED) is 0.765. The highest BCUT2D eigenvalue weighted by atomic mass is 16.3. The van der Waals surface area contributed by atoms with Gasteiger partial charge in [-0.15, -0.1) is 5.10 Å². The largest absolute Gasteiger partial charge is 0.461 e. The molecule has 134 valence electrons. The topological polar surface area (TPSA) is 82.1 Å². The minimum absolute atomic E-state index is 0.138. The number of furan rings is 1. The van der Waals surface area contributed by atoms with Gasteiger partial charge in [-0.05, 0) is 62.1 Å². The predicted molar refractivity (Wildman–Crippen MR) is 97.0 cm³/mol. The van der Waals surface area contributed by atoms with Gasteiger partial charge in [0.1, 0.15) is 6.54 Å². The Bertz CT molecular complexity index is 990. The second-order valence-corrected chi connectivity index (χ2v) is 6.77. The number of hydrogen-bond acceptors (Lipinski definition) is 4. The van der Waals surface area contributed by atoms with Crippen LogP contribution in [0.25, 0.3) is 11.6 Å². The van der Waals surface area contributed by atoms with Gasteiger partial charge in [-0.2, -0.15) is 0 Å². The first-order valence-corrected chi connectivity index (χ1v) is 8.62. The summed E-state index contributed by atoms with van der Waals surface area (Å²) in [6, 6.07) is 9.48. The number of hydrogen-bond donors (Lipinski definition) is 1. The number of carbonyl (C=O) groups excluding carboxylic acids is 1. The Morgan fingerprint density at radius 2 is 2.00 bits per heavy atom. The molecule has 0 unspecified atom stereocenters. The van der Waals surface area contributed by atoms with E-state index in [1.807, 2.05) is 32.0 Å². The molecule has 1 amide bonds. The van der Waals surface area contributed by atoms with E-state index in [1.165, 1.54) is 4.68 Å². The van der Waals surface area contributed by atoms with Crippen LogP contribution in [0.4, 0.5) is 5.69 Å². The van der Waals surface area contributed by atoms with Crippen molar-refractivity contribution in [3.05, 3.63) is 58.2 Å². The summed E-state index contributed by atoms with van der Waals surface area (Å²) in [5.74, 6) is 0.715. The van der Waals surface area contributed by atoms with Crippen LogP contribution in [0.2, 0.25) is 0 Å². The molecule has 7 heteroatoms. The molecule has 0 aliphatic heterocycles. The van der Waals surface area contributed by atoms with E-state index >= 15 is 0 Å². The monoisotopic (exact) mass is 352 g/mol. The van der Waals surface area contributed by atoms with Crippen molar-refractivity contribution in [3.8, 4) is 11.6 Å². The summed E-state index contributed by atoms with van der Waals surface area (Å²) in [4.78, 5) is 25.1. The lowest BCUT2D eigenvalue weighted by Gasteiger charge is -2.07. The SMILES string of the molecule is Cc1cc(C)cc(NC(=O)Cn2nc(-c3ccco3)n(C3CC3)c2=O)c1. The Labute approximate surface area is 150 Å². The molecule has 2 heterocycles. The highest BCUT2D eigenvalue weighted by Gasteiger charge is 2.31. The van der Waals surface area contributed by atoms with Crippen LogP contribution in [-0.4, -0.2) is 20.3 Å². The van der Waals surface area contributed by atoms with Gasteiger partial charge in [0.15, 0.2) is 5.76 Å². The molecule has 3 aromatic rings. The third-order valence-electron chi connectivity index (χ3n) is 4.32. The van der Waals surface area contributed by atoms with E-state index < -0.39 is 0 Å². The molecule has 1 aliphatic carbocycles. The van der Waals surface area contributed by atoms with Gasteiger partial charge in [0.25, 0.3) is 0 Å². The number of aryl methyl sites for hydroxylation is 2. The Morgan fingerprint density at radius 3 is 2.62 bits per heavy atom. The summed E-state index contributed by atoms with van der Waals surface area (Å²) in [5.41, 5.74) is 2.56. The summed E-state index contributed by atoms with van der Waals surface area (Å²) in [6.07, 6.45) is 3.42. The highest BCUT2D eigenvalue weighted by Crippen LogP contribution is 2.36. The molecule has 0 saturated heterocycles. The first-order chi connectivity index (χ1) is 12.5. The summed E-state index contributed by atoms with van der Waals surface area (Å²) in [7, 11) is 0. The van der Waals surface area contributed by atoms with E-state index in [9.17, 15) is 9.59 Å². The number of benzene rings is 1. The number of nitrogens with zero attached hydrogens (tertiary/aromatic N) is 3. The van der Waals surface area contributed by atoms with E-state index in [-0.39, 0.29) is 24.2 Å². The standard InChI is InChI=1S/C19H20N4O3/c1-12-8-13(2)10-14(9-12)20-17(24)11-22-19(25)23(15-5-6-15)18(21-22)16-4-3-7-26-16/h3-4,7-10,15H,5-6,11H2,1-2H3,(H,20,24). The van der Waals surface area contributed by atoms with Gasteiger partial charge in [0, 0.05) is 11.7 Å². The van der Waals surface area contributed by atoms with Gasteiger partial charge in [-0.1, -0.05) is 6.07 Å². The van der Waals surface area contributed by atoms with Crippen LogP contribution in [-0.2, 0) is 11.3 Å². The second kappa shape index (κ2) is 6.33. The number of aromatic nitrogens is 3. The van der Waals surface area contributed by atoms with E-state index in [1.54, 1.807) is 23.0 Å². The third-order valence-corrected chi connectivity index (χ3v) is 4.32. The molecule has 1 aliphatic rings. The molecule has 1 N–H and O–H groups in total. The van der Waals surface area contributed by atoms with Gasteiger partial charge in [0.05, 0.1) is 6.26 Å². The Morgan fingerprint density at radius 1 is 1.27 bits per heavy atom. The number of amides is 1. The lowest BCUT2D eigenvalue weighted by Crippen LogP contribution is -2.30. The van der Waals surface area contributed by atoms with E-state index in [0.29, 0.717) is 17.3 Å². The zero-order valence-corrected chi connectivity index (χ0v) is 14.7. The average molecular weight is 352 g/mol. The third kappa shape index (κ3) is 3.20. The summed E-state index contributed by atoms with van der Waals surface area (Å²) < 4.78 is 8.23. The summed E-state index contributed by atoms with van der Waals surface area (Å²) in [5, 5.41) is 7.18. The van der Waals surface area contributed by atoms with E-state index in [4.69, 9.17) is 4.42 Å². The van der Waals surface area contributed by atoms with Crippen molar-refractivity contribution >= 4 is 11.6 Å². The fourth-order valence-electron chi connectivity index (χ4n) is 3.14. The zero-order chi connectivity index (χ0) is 18.3. The van der Waals surface area contributed by atoms with E-state index in [0.717, 1.165) is 24.0 Å². The molecule has 4 rings (SSSR count). The van der Waals surface area contributed by atoms with Crippen LogP contribution >= 0.6 is 0 Å². The molecule has 1 saturated carbocycles. The predicted octanol–water partition coefficient (Wildman–Crippen LogP) is 2.90. The molecule has 2 aromatic heterocycles. The normalized spacial score (nSPS) is 13.8. The molecule has 1 aromatic carbocycles. The molecular weight excluding hydrogens is 332 g/mol. The highest BCUT2D eigenvalue weighted by molar-refractivity contribution is 5.90. The van der Waals surface area contributed by atoms with Gasteiger partial charge >= 0.3 is 5.69 Å². The second-order valence-electron chi connectivity index (χ2n) is 6.77. The van der Waals surface area contributed by atoms with Crippen LogP contribution in [0, 0.1) is 13.8 Å². The smallest absolute Gasteiger partial charge is 0.347 e. The Hall–Kier alpha value is -3.09. The number of nitrogens with one attached hydrogen (secondary N) is 1. The first kappa shape index (κ1) is 16.4. The maximum absolute atomic E-state index is 12.7. The molecule has 0 radical (unpaired) electrons. The first-order valence-electron chi connectivity index (χ1n) is 8.62. The van der Waals surface area contributed by atoms with E-state index in [2.05, 4.69) is 10.4 Å². The average Bonchev–Trinajstić information content (AvgIpc) is 3.14. The lowest BCUT2D eigenvalue weighted by molar-refractivity contribution is -0.117. The van der Waals surface area contributed by atoms with Crippen LogP contribution < -0.4 is 11.0 Å². The fraction of sp³-hybridized carbons (Fsp3) is 0.316. The van der Waals surface area contributed by atoms with Gasteiger partial charge in [0.2, 0.25) is 11.7 Å². The van der Waals surface area contributed by atoms with Gasteiger partial charge in [-0.25, -0.2) is 9.48 Å². The molecular formula is C19H20N4O3. The van der Waals surface area contributed by atoms with Crippen molar-refractivity contribution in [2.24, 2.45) is 0 Å². The minimum atomic E-state index is -0.288. The van der Waals surface area contributed by atoms with Gasteiger partial charge in [-0.3, -0.25) is 9.36 Å². The van der Waals surface area contributed by atoms with Crippen molar-refractivity contribution in [2.45, 2.75) is 39.3 Å². The maximum atomic E-state index is 12.7. The molecule has 0 spiro atoms. The summed E-state index contributed by atoms with van der Waals surface area (Å²) >= 11 is 0. The van der Waals surface area contributed by atoms with Gasteiger partial charge < -0.3 is 9.73 Å². The number of rotatable bonds is 5. The fourth-order valence-corrected chi connectivity index (χ4v) is 3.14. The molecule has 7 nitrogen and oxygen atoms in total. The van der Waals surface area contributed by atoms with Crippen molar-refractivity contribution in [2.75, 3.05) is 5.32 Å². The van der Waals surface area contributed by atoms with Crippen LogP contribution in [0.1, 0.15) is 30.0 Å². The van der Waals surface area contributed by atoms with Crippen LogP contribution in [0.5, 0.6) is 0 Å². The molecule has 1 fully saturated rings. The zero-order valence-electron chi connectivity index (χ0n) is 14.7. The van der Waals surface area contributed by atoms with Crippen molar-refractivity contribution in [1.29, 1.82) is 0 Å². The lowest BCUT2D eigenvalue weighted by atomic mass is 10.1. The maximum Gasteiger partial charge on any atom is 0.347 e. The van der Waals surface area contributed by atoms with Crippen LogP contribution in [0.3, 0.4) is 0 Å². The van der Waals surface area contributed by atoms with Crippen LogP contribution in [0.15, 0.2) is 45.8 Å².